The van der Waals surface area contributed by atoms with E-state index in [0.717, 1.165) is 0 Å². The molecular weight excluding hydrogens is 454 g/mol. The smallest absolute Gasteiger partial charge is 0.408 e. The molecule has 0 heterocycles. The van der Waals surface area contributed by atoms with Crippen molar-refractivity contribution in [1.82, 2.24) is 15.5 Å². The Morgan fingerprint density at radius 3 is 2.23 bits per heavy atom. The van der Waals surface area contributed by atoms with Gasteiger partial charge in [0.05, 0.1) is 13.7 Å². The van der Waals surface area contributed by atoms with E-state index in [9.17, 15) is 24.3 Å². The predicted octanol–water partition coefficient (Wildman–Crippen LogP) is 1.51. The van der Waals surface area contributed by atoms with E-state index in [4.69, 9.17) is 11.2 Å². The summed E-state index contributed by atoms with van der Waals surface area (Å²) in [4.78, 5) is 52.0. The van der Waals surface area contributed by atoms with Crippen molar-refractivity contribution in [3.63, 3.8) is 0 Å². The van der Waals surface area contributed by atoms with Crippen LogP contribution in [0.3, 0.4) is 0 Å². The van der Waals surface area contributed by atoms with Crippen molar-refractivity contribution >= 4 is 23.9 Å². The Hall–Kier alpha value is -3.58. The van der Waals surface area contributed by atoms with Crippen LogP contribution in [0.5, 0.6) is 0 Å². The number of aliphatic hydroxyl groups excluding tert-OH is 1. The number of nitrogens with zero attached hydrogens (tertiary/aromatic N) is 1. The van der Waals surface area contributed by atoms with Gasteiger partial charge < -0.3 is 30.1 Å². The molecule has 1 aromatic rings. The van der Waals surface area contributed by atoms with Crippen molar-refractivity contribution in [2.24, 2.45) is 0 Å². The Morgan fingerprint density at radius 2 is 1.77 bits per heavy atom. The Bertz CT molecular complexity index is 932. The average molecular weight is 490 g/mol. The lowest BCUT2D eigenvalue weighted by atomic mass is 9.99. The third-order valence-electron chi connectivity index (χ3n) is 5.05. The number of esters is 1. The SMILES string of the molecule is C#Cc1ccc(C(C(=O)NCC(=O)OC)N(C(=O)C(CO)NC(=O)OC(C)(C)C)C(C)CC)cc1. The second-order valence-corrected chi connectivity index (χ2v) is 8.85. The van der Waals surface area contributed by atoms with Gasteiger partial charge in [-0.3, -0.25) is 14.4 Å². The van der Waals surface area contributed by atoms with Crippen LogP contribution in [0.25, 0.3) is 0 Å². The van der Waals surface area contributed by atoms with Crippen LogP contribution in [0.15, 0.2) is 24.3 Å². The van der Waals surface area contributed by atoms with E-state index in [2.05, 4.69) is 21.3 Å². The number of rotatable bonds is 10. The molecule has 0 spiro atoms. The van der Waals surface area contributed by atoms with E-state index in [1.165, 1.54) is 12.0 Å². The maximum atomic E-state index is 13.6. The van der Waals surface area contributed by atoms with Crippen LogP contribution in [0.4, 0.5) is 4.79 Å². The standard InChI is InChI=1S/C25H35N3O7/c1-8-16(3)28(23(32)19(15-29)27-24(33)35-25(4,5)6)21(22(31)26-14-20(30)34-7)18-12-10-17(9-2)11-13-18/h2,10-13,16,19,21,29H,8,14-15H2,1,3-7H3,(H,26,31)(H,27,33). The molecule has 3 atom stereocenters. The molecule has 3 N–H and O–H groups in total. The number of carbonyl (C=O) groups excluding carboxylic acids is 4. The fourth-order valence-corrected chi connectivity index (χ4v) is 3.14. The molecule has 0 fully saturated rings. The number of benzene rings is 1. The van der Waals surface area contributed by atoms with Crippen LogP contribution in [-0.4, -0.2) is 71.8 Å². The fourth-order valence-electron chi connectivity index (χ4n) is 3.14. The summed E-state index contributed by atoms with van der Waals surface area (Å²) in [5.74, 6) is 0.472. The van der Waals surface area contributed by atoms with Crippen LogP contribution in [-0.2, 0) is 23.9 Å². The Labute approximate surface area is 206 Å². The molecule has 1 aromatic carbocycles. The highest BCUT2D eigenvalue weighted by Crippen LogP contribution is 2.26. The predicted molar refractivity (Wildman–Crippen MR) is 129 cm³/mol. The monoisotopic (exact) mass is 489 g/mol. The number of methoxy groups -OCH3 is 1. The van der Waals surface area contributed by atoms with Gasteiger partial charge in [0.25, 0.3) is 0 Å². The lowest BCUT2D eigenvalue weighted by Gasteiger charge is -2.37. The molecule has 3 unspecified atom stereocenters. The van der Waals surface area contributed by atoms with Crippen molar-refractivity contribution in [2.75, 3.05) is 20.3 Å². The topological polar surface area (TPSA) is 134 Å². The number of hydrogen-bond acceptors (Lipinski definition) is 7. The lowest BCUT2D eigenvalue weighted by Crippen LogP contribution is -2.56. The average Bonchev–Trinajstić information content (AvgIpc) is 2.82. The van der Waals surface area contributed by atoms with E-state index in [0.29, 0.717) is 17.5 Å². The minimum absolute atomic E-state index is 0.406. The van der Waals surface area contributed by atoms with Gasteiger partial charge in [0, 0.05) is 11.6 Å². The highest BCUT2D eigenvalue weighted by Gasteiger charge is 2.38. The molecule has 0 radical (unpaired) electrons. The van der Waals surface area contributed by atoms with Crippen molar-refractivity contribution in [3.05, 3.63) is 35.4 Å². The number of terminal acetylenes is 1. The second-order valence-electron chi connectivity index (χ2n) is 8.85. The number of alkyl carbamates (subject to hydrolysis) is 1. The molecule has 192 valence electrons. The summed E-state index contributed by atoms with van der Waals surface area (Å²) in [6, 6.07) is 3.40. The number of aliphatic hydroxyl groups is 1. The molecule has 1 rings (SSSR count). The first-order valence-corrected chi connectivity index (χ1v) is 11.2. The van der Waals surface area contributed by atoms with E-state index < -0.39 is 60.8 Å². The van der Waals surface area contributed by atoms with Crippen molar-refractivity contribution in [3.8, 4) is 12.3 Å². The summed E-state index contributed by atoms with van der Waals surface area (Å²) in [6.45, 7) is 7.41. The Balaban J connectivity index is 3.44. The molecular formula is C25H35N3O7. The van der Waals surface area contributed by atoms with Crippen LogP contribution >= 0.6 is 0 Å². The molecule has 35 heavy (non-hydrogen) atoms. The molecule has 10 nitrogen and oxygen atoms in total. The summed E-state index contributed by atoms with van der Waals surface area (Å²) in [6.07, 6.45) is 5.00. The first-order valence-electron chi connectivity index (χ1n) is 11.2. The number of amides is 3. The summed E-state index contributed by atoms with van der Waals surface area (Å²) in [7, 11) is 1.19. The number of carbonyl (C=O) groups is 4. The van der Waals surface area contributed by atoms with Gasteiger partial charge in [-0.05, 0) is 51.8 Å². The third kappa shape index (κ3) is 8.94. The fraction of sp³-hybridized carbons (Fsp3) is 0.520. The highest BCUT2D eigenvalue weighted by molar-refractivity contribution is 5.93. The van der Waals surface area contributed by atoms with E-state index in [-0.39, 0.29) is 0 Å². The normalized spacial score (nSPS) is 13.4. The maximum absolute atomic E-state index is 13.6. The zero-order chi connectivity index (χ0) is 26.8. The van der Waals surface area contributed by atoms with Crippen molar-refractivity contribution < 1.29 is 33.8 Å². The third-order valence-corrected chi connectivity index (χ3v) is 5.05. The van der Waals surface area contributed by atoms with Gasteiger partial charge >= 0.3 is 12.1 Å². The van der Waals surface area contributed by atoms with Gasteiger partial charge in [-0.15, -0.1) is 6.42 Å². The van der Waals surface area contributed by atoms with Crippen molar-refractivity contribution in [2.45, 2.75) is 64.8 Å². The first-order chi connectivity index (χ1) is 16.4. The van der Waals surface area contributed by atoms with Crippen LogP contribution in [0.1, 0.15) is 58.2 Å². The highest BCUT2D eigenvalue weighted by atomic mass is 16.6. The second kappa shape index (κ2) is 13.3. The van der Waals surface area contributed by atoms with Gasteiger partial charge in [0.2, 0.25) is 11.8 Å². The van der Waals surface area contributed by atoms with Crippen LogP contribution < -0.4 is 10.6 Å². The molecule has 0 saturated heterocycles. The van der Waals surface area contributed by atoms with Gasteiger partial charge in [-0.2, -0.15) is 0 Å². The van der Waals surface area contributed by atoms with Crippen LogP contribution in [0.2, 0.25) is 0 Å². The summed E-state index contributed by atoms with van der Waals surface area (Å²) in [5, 5.41) is 14.8. The number of nitrogens with one attached hydrogen (secondary N) is 2. The lowest BCUT2D eigenvalue weighted by molar-refractivity contribution is -0.147. The molecule has 0 aliphatic rings. The van der Waals surface area contributed by atoms with Gasteiger partial charge in [-0.25, -0.2) is 4.79 Å². The molecule has 0 aliphatic heterocycles. The number of hydrogen-bond donors (Lipinski definition) is 3. The zero-order valence-corrected chi connectivity index (χ0v) is 21.1. The molecule has 0 saturated carbocycles. The Kier molecular flexibility index (Phi) is 11.2. The molecule has 0 aliphatic carbocycles. The summed E-state index contributed by atoms with van der Waals surface area (Å²) in [5.41, 5.74) is 0.177. The van der Waals surface area contributed by atoms with Crippen LogP contribution in [0, 0.1) is 12.3 Å². The van der Waals surface area contributed by atoms with Gasteiger partial charge in [-0.1, -0.05) is 25.0 Å². The van der Waals surface area contributed by atoms with E-state index >= 15 is 0 Å². The van der Waals surface area contributed by atoms with E-state index in [1.54, 1.807) is 52.0 Å². The van der Waals surface area contributed by atoms with Gasteiger partial charge in [0.15, 0.2) is 0 Å². The van der Waals surface area contributed by atoms with Gasteiger partial charge in [0.1, 0.15) is 24.2 Å². The minimum atomic E-state index is -1.38. The minimum Gasteiger partial charge on any atom is -0.468 e. The maximum Gasteiger partial charge on any atom is 0.408 e. The number of ether oxygens (including phenoxy) is 2. The quantitative estimate of drug-likeness (QED) is 0.335. The van der Waals surface area contributed by atoms with Crippen molar-refractivity contribution in [1.29, 1.82) is 0 Å². The molecule has 0 bridgehead atoms. The molecule has 3 amide bonds. The summed E-state index contributed by atoms with van der Waals surface area (Å²) < 4.78 is 9.78. The van der Waals surface area contributed by atoms with E-state index in [1.807, 2.05) is 6.92 Å². The first kappa shape index (κ1) is 29.5. The Morgan fingerprint density at radius 1 is 1.17 bits per heavy atom. The summed E-state index contributed by atoms with van der Waals surface area (Å²) >= 11 is 0. The largest absolute Gasteiger partial charge is 0.468 e. The molecule has 0 aromatic heterocycles. The zero-order valence-electron chi connectivity index (χ0n) is 21.1. The molecule has 10 heteroatoms.